The van der Waals surface area contributed by atoms with E-state index in [0.29, 0.717) is 18.1 Å². The largest absolute Gasteiger partial charge is 0.502 e. The van der Waals surface area contributed by atoms with E-state index < -0.39 is 23.1 Å². The normalized spacial score (nSPS) is 14.6. The Balaban J connectivity index is 1.43. The van der Waals surface area contributed by atoms with Gasteiger partial charge in [-0.3, -0.25) is 14.5 Å². The van der Waals surface area contributed by atoms with Gasteiger partial charge in [0, 0.05) is 43.3 Å². The van der Waals surface area contributed by atoms with Crippen LogP contribution in [0.5, 0.6) is 17.2 Å². The summed E-state index contributed by atoms with van der Waals surface area (Å²) in [5, 5.41) is 12.6. The van der Waals surface area contributed by atoms with Crippen LogP contribution in [0.2, 0.25) is 0 Å². The lowest BCUT2D eigenvalue weighted by molar-refractivity contribution is -0.140. The Labute approximate surface area is 238 Å². The van der Waals surface area contributed by atoms with Gasteiger partial charge in [-0.15, -0.1) is 0 Å². The topological polar surface area (TPSA) is 102 Å². The maximum atomic E-state index is 13.0. The SMILES string of the molecule is COC(=O)CC(c1oc(CN2CCN(c3ccc(OC)cc3)CC2)cc(=O)c1O)c1ccc(OC)c2ccccc12. The highest BCUT2D eigenvalue weighted by molar-refractivity contribution is 5.92. The van der Waals surface area contributed by atoms with Crippen molar-refractivity contribution in [1.29, 1.82) is 0 Å². The predicted molar refractivity (Wildman–Crippen MR) is 156 cm³/mol. The molecule has 1 fully saturated rings. The maximum Gasteiger partial charge on any atom is 0.306 e. The van der Waals surface area contributed by atoms with Crippen LogP contribution in [0.25, 0.3) is 10.8 Å². The van der Waals surface area contributed by atoms with Gasteiger partial charge in [0.1, 0.15) is 17.3 Å². The molecule has 1 N–H and O–H groups in total. The first-order valence-electron chi connectivity index (χ1n) is 13.5. The fraction of sp³-hybridized carbons (Fsp3) is 0.312. The molecule has 0 amide bonds. The summed E-state index contributed by atoms with van der Waals surface area (Å²) in [6, 6.07) is 20.6. The number of carbonyl (C=O) groups is 1. The summed E-state index contributed by atoms with van der Waals surface area (Å²) in [5.74, 6) is 0.216. The molecule has 0 aliphatic carbocycles. The first kappa shape index (κ1) is 28.0. The molecule has 1 saturated heterocycles. The fourth-order valence-corrected chi connectivity index (χ4v) is 5.42. The lowest BCUT2D eigenvalue weighted by Crippen LogP contribution is -2.46. The van der Waals surface area contributed by atoms with E-state index in [9.17, 15) is 14.7 Å². The summed E-state index contributed by atoms with van der Waals surface area (Å²) in [7, 11) is 4.56. The smallest absolute Gasteiger partial charge is 0.306 e. The first-order chi connectivity index (χ1) is 19.9. The van der Waals surface area contributed by atoms with Crippen LogP contribution in [0.4, 0.5) is 5.69 Å². The third kappa shape index (κ3) is 6.00. The Morgan fingerprint density at radius 2 is 1.63 bits per heavy atom. The summed E-state index contributed by atoms with van der Waals surface area (Å²) in [5.41, 5.74) is 1.29. The van der Waals surface area contributed by atoms with Gasteiger partial charge in [-0.1, -0.05) is 30.3 Å². The Morgan fingerprint density at radius 3 is 2.29 bits per heavy atom. The molecule has 0 bridgehead atoms. The molecule has 4 aromatic rings. The number of methoxy groups -OCH3 is 3. The number of piperazine rings is 1. The number of benzene rings is 3. The van der Waals surface area contributed by atoms with Crippen molar-refractivity contribution in [1.82, 2.24) is 4.90 Å². The number of hydrogen-bond donors (Lipinski definition) is 1. The summed E-state index contributed by atoms with van der Waals surface area (Å²) in [6.07, 6.45) is -0.118. The highest BCUT2D eigenvalue weighted by Gasteiger charge is 2.29. The van der Waals surface area contributed by atoms with E-state index in [2.05, 4.69) is 9.80 Å². The molecule has 1 aromatic heterocycles. The van der Waals surface area contributed by atoms with E-state index in [-0.39, 0.29) is 12.2 Å². The Kier molecular flexibility index (Phi) is 8.45. The number of aromatic hydroxyl groups is 1. The van der Waals surface area contributed by atoms with Crippen LogP contribution in [0.3, 0.4) is 0 Å². The minimum Gasteiger partial charge on any atom is -0.502 e. The standard InChI is InChI=1S/C32H34N2O7/c1-38-22-10-8-21(9-11-22)34-16-14-33(15-17-34)20-23-18-28(35)31(37)32(41-23)27(19-30(36)40-3)25-12-13-29(39-2)26-7-5-4-6-24(25)26/h4-13,18,27,37H,14-17,19-20H2,1-3H3. The summed E-state index contributed by atoms with van der Waals surface area (Å²) < 4.78 is 22.0. The van der Waals surface area contributed by atoms with Gasteiger partial charge in [-0.05, 0) is 41.3 Å². The van der Waals surface area contributed by atoms with Crippen molar-refractivity contribution >= 4 is 22.4 Å². The molecule has 9 heteroatoms. The Hall–Kier alpha value is -4.50. The van der Waals surface area contributed by atoms with Gasteiger partial charge in [0.05, 0.1) is 40.2 Å². The second kappa shape index (κ2) is 12.3. The number of hydrogen-bond acceptors (Lipinski definition) is 9. The van der Waals surface area contributed by atoms with E-state index in [4.69, 9.17) is 18.6 Å². The molecule has 1 unspecified atom stereocenters. The molecule has 1 aliphatic heterocycles. The monoisotopic (exact) mass is 558 g/mol. The minimum atomic E-state index is -0.752. The quantitative estimate of drug-likeness (QED) is 0.297. The van der Waals surface area contributed by atoms with Gasteiger partial charge >= 0.3 is 5.97 Å². The average Bonchev–Trinajstić information content (AvgIpc) is 3.01. The number of rotatable bonds is 9. The zero-order chi connectivity index (χ0) is 28.9. The second-order valence-corrected chi connectivity index (χ2v) is 9.99. The van der Waals surface area contributed by atoms with Gasteiger partial charge < -0.3 is 28.6 Å². The van der Waals surface area contributed by atoms with Crippen LogP contribution >= 0.6 is 0 Å². The lowest BCUT2D eigenvalue weighted by atomic mass is 9.88. The van der Waals surface area contributed by atoms with Crippen molar-refractivity contribution in [2.75, 3.05) is 52.4 Å². The van der Waals surface area contributed by atoms with Crippen molar-refractivity contribution in [3.63, 3.8) is 0 Å². The molecule has 0 spiro atoms. The number of nitrogens with zero attached hydrogens (tertiary/aromatic N) is 2. The number of anilines is 1. The van der Waals surface area contributed by atoms with E-state index >= 15 is 0 Å². The molecule has 214 valence electrons. The lowest BCUT2D eigenvalue weighted by Gasteiger charge is -2.36. The average molecular weight is 559 g/mol. The van der Waals surface area contributed by atoms with E-state index in [1.54, 1.807) is 14.2 Å². The molecule has 9 nitrogen and oxygen atoms in total. The van der Waals surface area contributed by atoms with Crippen LogP contribution < -0.4 is 19.8 Å². The number of carbonyl (C=O) groups excluding carboxylic acids is 1. The summed E-state index contributed by atoms with van der Waals surface area (Å²) in [6.45, 7) is 3.54. The van der Waals surface area contributed by atoms with Gasteiger partial charge in [0.25, 0.3) is 0 Å². The molecule has 2 heterocycles. The van der Waals surface area contributed by atoms with E-state index in [0.717, 1.165) is 54.0 Å². The molecule has 3 aromatic carbocycles. The van der Waals surface area contributed by atoms with Crippen LogP contribution in [0, 0.1) is 0 Å². The summed E-state index contributed by atoms with van der Waals surface area (Å²) >= 11 is 0. The minimum absolute atomic E-state index is 0.0464. The number of esters is 1. The maximum absolute atomic E-state index is 13.0. The van der Waals surface area contributed by atoms with E-state index in [1.165, 1.54) is 13.2 Å². The van der Waals surface area contributed by atoms with Crippen LogP contribution in [0.15, 0.2) is 75.9 Å². The van der Waals surface area contributed by atoms with Gasteiger partial charge in [-0.2, -0.15) is 0 Å². The van der Waals surface area contributed by atoms with Crippen molar-refractivity contribution in [3.8, 4) is 17.2 Å². The molecule has 1 aliphatic rings. The molecule has 1 atom stereocenters. The third-order valence-corrected chi connectivity index (χ3v) is 7.62. The zero-order valence-corrected chi connectivity index (χ0v) is 23.5. The number of fused-ring (bicyclic) bond motifs is 1. The van der Waals surface area contributed by atoms with Gasteiger partial charge in [0.2, 0.25) is 11.2 Å². The van der Waals surface area contributed by atoms with Gasteiger partial charge in [-0.25, -0.2) is 0 Å². The second-order valence-electron chi connectivity index (χ2n) is 9.99. The fourth-order valence-electron chi connectivity index (χ4n) is 5.42. The Morgan fingerprint density at radius 1 is 0.927 bits per heavy atom. The third-order valence-electron chi connectivity index (χ3n) is 7.62. The molecule has 41 heavy (non-hydrogen) atoms. The highest BCUT2D eigenvalue weighted by Crippen LogP contribution is 2.39. The van der Waals surface area contributed by atoms with Crippen LogP contribution in [0.1, 0.15) is 29.4 Å². The summed E-state index contributed by atoms with van der Waals surface area (Å²) in [4.78, 5) is 30.0. The molecule has 5 rings (SSSR count). The van der Waals surface area contributed by atoms with Crippen LogP contribution in [-0.2, 0) is 16.1 Å². The molecule has 0 saturated carbocycles. The van der Waals surface area contributed by atoms with Crippen molar-refractivity contribution in [2.45, 2.75) is 18.9 Å². The zero-order valence-electron chi connectivity index (χ0n) is 23.5. The first-order valence-corrected chi connectivity index (χ1v) is 13.5. The van der Waals surface area contributed by atoms with Crippen molar-refractivity contribution < 1.29 is 28.5 Å². The molecule has 0 radical (unpaired) electrons. The van der Waals surface area contributed by atoms with E-state index in [1.807, 2.05) is 60.7 Å². The molecular formula is C32H34N2O7. The molecular weight excluding hydrogens is 524 g/mol. The number of ether oxygens (including phenoxy) is 3. The van der Waals surface area contributed by atoms with Crippen molar-refractivity contribution in [2.24, 2.45) is 0 Å². The van der Waals surface area contributed by atoms with Crippen molar-refractivity contribution in [3.05, 3.63) is 94.0 Å². The highest BCUT2D eigenvalue weighted by atomic mass is 16.5. The van der Waals surface area contributed by atoms with Crippen LogP contribution in [-0.4, -0.2) is 63.5 Å². The Bertz CT molecular complexity index is 1570. The predicted octanol–water partition coefficient (Wildman–Crippen LogP) is 4.53. The van der Waals surface area contributed by atoms with Gasteiger partial charge in [0.15, 0.2) is 5.76 Å².